The molecule has 0 saturated heterocycles. The average Bonchev–Trinajstić information content (AvgIpc) is 2.29. The van der Waals surface area contributed by atoms with Gasteiger partial charge in [0, 0.05) is 12.7 Å². The normalized spacial score (nSPS) is 11.8. The number of aryl methyl sites for hydroxylation is 1. The third-order valence-corrected chi connectivity index (χ3v) is 2.24. The first-order valence-corrected chi connectivity index (χ1v) is 5.30. The van der Waals surface area contributed by atoms with Crippen LogP contribution in [0.5, 0.6) is 0 Å². The zero-order valence-electron chi connectivity index (χ0n) is 6.52. The van der Waals surface area contributed by atoms with E-state index in [0.717, 1.165) is 6.26 Å². The lowest BCUT2D eigenvalue weighted by Crippen LogP contribution is -2.07. The number of hydrogen-bond donors (Lipinski definition) is 1. The monoisotopic (exact) mass is 191 g/mol. The second kappa shape index (κ2) is 3.10. The van der Waals surface area contributed by atoms with Crippen LogP contribution in [0.1, 0.15) is 5.69 Å². The fraction of sp³-hybridized carbons (Fsp3) is 0.600. The van der Waals surface area contributed by atoms with Gasteiger partial charge in [-0.2, -0.15) is 0 Å². The maximum atomic E-state index is 10.7. The summed E-state index contributed by atoms with van der Waals surface area (Å²) in [6.45, 7) is 0. The molecular weight excluding hydrogens is 182 g/mol. The smallest absolute Gasteiger partial charge is 0.191 e. The summed E-state index contributed by atoms with van der Waals surface area (Å²) in [4.78, 5) is 0. The van der Waals surface area contributed by atoms with Crippen LogP contribution in [0.3, 0.4) is 0 Å². The second-order valence-corrected chi connectivity index (χ2v) is 4.74. The minimum atomic E-state index is -2.98. The molecule has 0 amide bonds. The maximum absolute atomic E-state index is 10.7. The number of nitrogens with two attached hydrogens (primary N) is 1. The van der Waals surface area contributed by atoms with E-state index in [-0.39, 0.29) is 18.0 Å². The lowest BCUT2D eigenvalue weighted by Gasteiger charge is -1.93. The number of nitrogens with zero attached hydrogens (tertiary/aromatic N) is 2. The van der Waals surface area contributed by atoms with Crippen LogP contribution in [-0.4, -0.2) is 30.7 Å². The highest BCUT2D eigenvalue weighted by Crippen LogP contribution is 2.05. The van der Waals surface area contributed by atoms with Gasteiger partial charge in [-0.1, -0.05) is 5.16 Å². The molecule has 0 spiro atoms. The van der Waals surface area contributed by atoms with E-state index in [0.29, 0.717) is 5.69 Å². The second-order valence-electron chi connectivity index (χ2n) is 2.48. The Bertz CT molecular complexity index is 356. The third kappa shape index (κ3) is 2.50. The summed E-state index contributed by atoms with van der Waals surface area (Å²) >= 11 is 0. The number of anilines is 1. The summed E-state index contributed by atoms with van der Waals surface area (Å²) in [5, 5.41) is 6.76. The van der Waals surface area contributed by atoms with Crippen LogP contribution < -0.4 is 5.73 Å². The predicted molar refractivity (Wildman–Crippen MR) is 42.1 cm³/mol. The van der Waals surface area contributed by atoms with E-state index in [1.54, 1.807) is 0 Å². The van der Waals surface area contributed by atoms with E-state index < -0.39 is 9.84 Å². The SMILES string of the molecule is CS(=O)(=O)CCc1nonc1N. The van der Waals surface area contributed by atoms with Crippen molar-refractivity contribution in [3.8, 4) is 0 Å². The first kappa shape index (κ1) is 8.98. The molecule has 0 aromatic carbocycles. The molecule has 0 radical (unpaired) electrons. The van der Waals surface area contributed by atoms with E-state index in [2.05, 4.69) is 14.9 Å². The Morgan fingerprint density at radius 1 is 1.50 bits per heavy atom. The molecule has 0 fully saturated rings. The minimum Gasteiger partial charge on any atom is -0.379 e. The Labute approximate surface area is 69.6 Å². The first-order chi connectivity index (χ1) is 5.49. The van der Waals surface area contributed by atoms with E-state index >= 15 is 0 Å². The summed E-state index contributed by atoms with van der Waals surface area (Å²) in [5.74, 6) is 0.157. The van der Waals surface area contributed by atoms with Crippen molar-refractivity contribution in [3.05, 3.63) is 5.69 Å². The van der Waals surface area contributed by atoms with Crippen LogP contribution in [0.4, 0.5) is 5.82 Å². The number of rotatable bonds is 3. The molecule has 7 heteroatoms. The van der Waals surface area contributed by atoms with Gasteiger partial charge < -0.3 is 5.73 Å². The zero-order valence-corrected chi connectivity index (χ0v) is 7.34. The van der Waals surface area contributed by atoms with Gasteiger partial charge in [0.1, 0.15) is 15.5 Å². The quantitative estimate of drug-likeness (QED) is 0.674. The molecule has 0 unspecified atom stereocenters. The topological polar surface area (TPSA) is 99.1 Å². The van der Waals surface area contributed by atoms with Gasteiger partial charge in [-0.05, 0) is 5.16 Å². The van der Waals surface area contributed by atoms with Gasteiger partial charge in [-0.15, -0.1) is 0 Å². The molecule has 1 heterocycles. The van der Waals surface area contributed by atoms with Gasteiger partial charge in [0.05, 0.1) is 5.75 Å². The molecule has 0 aliphatic carbocycles. The Kier molecular flexibility index (Phi) is 2.32. The van der Waals surface area contributed by atoms with Crippen molar-refractivity contribution >= 4 is 15.7 Å². The van der Waals surface area contributed by atoms with Crippen LogP contribution in [0, 0.1) is 0 Å². The molecule has 6 nitrogen and oxygen atoms in total. The summed E-state index contributed by atoms with van der Waals surface area (Å²) < 4.78 is 25.7. The van der Waals surface area contributed by atoms with Crippen molar-refractivity contribution in [2.24, 2.45) is 0 Å². The van der Waals surface area contributed by atoms with Crippen molar-refractivity contribution in [1.29, 1.82) is 0 Å². The van der Waals surface area contributed by atoms with Crippen molar-refractivity contribution in [1.82, 2.24) is 10.3 Å². The van der Waals surface area contributed by atoms with Gasteiger partial charge in [-0.25, -0.2) is 13.0 Å². The summed E-state index contributed by atoms with van der Waals surface area (Å²) in [5.41, 5.74) is 5.70. The fourth-order valence-electron chi connectivity index (χ4n) is 0.669. The van der Waals surface area contributed by atoms with E-state index in [1.807, 2.05) is 0 Å². The average molecular weight is 191 g/mol. The van der Waals surface area contributed by atoms with Crippen molar-refractivity contribution in [2.45, 2.75) is 6.42 Å². The van der Waals surface area contributed by atoms with Crippen molar-refractivity contribution in [2.75, 3.05) is 17.7 Å². The van der Waals surface area contributed by atoms with E-state index in [9.17, 15) is 8.42 Å². The lowest BCUT2D eigenvalue weighted by molar-refractivity contribution is 0.305. The minimum absolute atomic E-state index is 0.00537. The number of nitrogen functional groups attached to an aromatic ring is 1. The van der Waals surface area contributed by atoms with Gasteiger partial charge >= 0.3 is 0 Å². The highest BCUT2D eigenvalue weighted by atomic mass is 32.2. The largest absolute Gasteiger partial charge is 0.379 e. The molecular formula is C5H9N3O3S. The molecule has 0 aliphatic heterocycles. The Balaban J connectivity index is 2.61. The number of hydrogen-bond acceptors (Lipinski definition) is 6. The first-order valence-electron chi connectivity index (χ1n) is 3.23. The molecule has 1 aromatic rings. The van der Waals surface area contributed by atoms with Crippen molar-refractivity contribution in [3.63, 3.8) is 0 Å². The standard InChI is InChI=1S/C5H9N3O3S/c1-12(9,10)3-2-4-5(6)8-11-7-4/h2-3H2,1H3,(H2,6,8). The Hall–Kier alpha value is -1.11. The van der Waals surface area contributed by atoms with Crippen LogP contribution in [0.2, 0.25) is 0 Å². The maximum Gasteiger partial charge on any atom is 0.191 e. The highest BCUT2D eigenvalue weighted by Gasteiger charge is 2.09. The van der Waals surface area contributed by atoms with E-state index in [4.69, 9.17) is 5.73 Å². The molecule has 68 valence electrons. The van der Waals surface area contributed by atoms with E-state index in [1.165, 1.54) is 0 Å². The highest BCUT2D eigenvalue weighted by molar-refractivity contribution is 7.90. The molecule has 0 bridgehead atoms. The molecule has 1 aromatic heterocycles. The molecule has 0 saturated carbocycles. The lowest BCUT2D eigenvalue weighted by atomic mass is 10.3. The van der Waals surface area contributed by atoms with Gasteiger partial charge in [0.15, 0.2) is 5.82 Å². The molecule has 0 atom stereocenters. The molecule has 0 aliphatic rings. The van der Waals surface area contributed by atoms with Crippen LogP contribution in [-0.2, 0) is 16.3 Å². The summed E-state index contributed by atoms with van der Waals surface area (Å²) in [7, 11) is -2.98. The van der Waals surface area contributed by atoms with Gasteiger partial charge in [0.2, 0.25) is 0 Å². The number of sulfone groups is 1. The van der Waals surface area contributed by atoms with Gasteiger partial charge in [0.25, 0.3) is 0 Å². The Morgan fingerprint density at radius 3 is 2.58 bits per heavy atom. The Morgan fingerprint density at radius 2 is 2.17 bits per heavy atom. The fourth-order valence-corrected chi connectivity index (χ4v) is 1.23. The van der Waals surface area contributed by atoms with Gasteiger partial charge in [-0.3, -0.25) is 0 Å². The summed E-state index contributed by atoms with van der Waals surface area (Å²) in [6, 6.07) is 0. The van der Waals surface area contributed by atoms with Crippen LogP contribution >= 0.6 is 0 Å². The zero-order chi connectivity index (χ0) is 9.19. The summed E-state index contributed by atoms with van der Waals surface area (Å²) in [6.07, 6.45) is 1.39. The predicted octanol–water partition coefficient (Wildman–Crippen LogP) is -0.761. The van der Waals surface area contributed by atoms with Crippen molar-refractivity contribution < 1.29 is 13.0 Å². The molecule has 2 N–H and O–H groups in total. The molecule has 1 rings (SSSR count). The van der Waals surface area contributed by atoms with Crippen LogP contribution in [0.15, 0.2) is 4.63 Å². The molecule has 12 heavy (non-hydrogen) atoms. The third-order valence-electron chi connectivity index (χ3n) is 1.30. The number of aromatic nitrogens is 2. The van der Waals surface area contributed by atoms with Crippen LogP contribution in [0.25, 0.3) is 0 Å².